The van der Waals surface area contributed by atoms with E-state index in [0.29, 0.717) is 31.9 Å². The molecule has 0 radical (unpaired) electrons. The van der Waals surface area contributed by atoms with Gasteiger partial charge in [0.2, 0.25) is 0 Å². The van der Waals surface area contributed by atoms with E-state index in [1.54, 1.807) is 18.2 Å². The number of nitrogens with zero attached hydrogens (tertiary/aromatic N) is 3. The Labute approximate surface area is 199 Å². The third-order valence-corrected chi connectivity index (χ3v) is 6.34. The lowest BCUT2D eigenvalue weighted by Gasteiger charge is -2.36. The lowest BCUT2D eigenvalue weighted by molar-refractivity contribution is 0.0709. The van der Waals surface area contributed by atoms with Gasteiger partial charge in [-0.1, -0.05) is 35.9 Å². The molecular formula is C26H29ClFN3O2. The Morgan fingerprint density at radius 1 is 1.00 bits per heavy atom. The van der Waals surface area contributed by atoms with Crippen molar-refractivity contribution in [1.29, 1.82) is 0 Å². The van der Waals surface area contributed by atoms with Crippen LogP contribution >= 0.6 is 11.6 Å². The Morgan fingerprint density at radius 2 is 1.70 bits per heavy atom. The number of anilines is 1. The summed E-state index contributed by atoms with van der Waals surface area (Å²) in [6, 6.07) is 18.2. The number of para-hydroxylation sites is 1. The summed E-state index contributed by atoms with van der Waals surface area (Å²) in [5.41, 5.74) is 2.03. The van der Waals surface area contributed by atoms with Gasteiger partial charge in [-0.25, -0.2) is 4.39 Å². The number of carbonyl (C=O) groups excluding carboxylic acids is 1. The van der Waals surface area contributed by atoms with E-state index in [0.717, 1.165) is 35.1 Å². The lowest BCUT2D eigenvalue weighted by Crippen LogP contribution is -2.48. The van der Waals surface area contributed by atoms with Crippen LogP contribution in [0.2, 0.25) is 5.02 Å². The number of carbonyl (C=O) groups is 1. The number of hydrogen-bond donors (Lipinski definition) is 0. The van der Waals surface area contributed by atoms with Crippen LogP contribution in [0, 0.1) is 5.82 Å². The summed E-state index contributed by atoms with van der Waals surface area (Å²) in [7, 11) is 0. The standard InChI is InChI=1S/C26H29ClFN3O2/c1-19(2)31(17-20-7-9-21(28)10-8-20)18-22-11-12-25(33-22)26(32)30-15-13-29(14-16-30)24-6-4-3-5-23(24)27/h3-12,19H,13-18H2,1-2H3. The maximum absolute atomic E-state index is 13.2. The van der Waals surface area contributed by atoms with Crippen molar-refractivity contribution in [2.75, 3.05) is 31.1 Å². The lowest BCUT2D eigenvalue weighted by atomic mass is 10.2. The average Bonchev–Trinajstić information content (AvgIpc) is 3.28. The Bertz CT molecular complexity index is 1080. The molecule has 0 spiro atoms. The zero-order valence-electron chi connectivity index (χ0n) is 19.0. The first kappa shape index (κ1) is 23.3. The third-order valence-electron chi connectivity index (χ3n) is 6.02. The summed E-state index contributed by atoms with van der Waals surface area (Å²) in [6.07, 6.45) is 0. The second-order valence-electron chi connectivity index (χ2n) is 8.62. The normalized spacial score (nSPS) is 14.4. The molecule has 1 aromatic heterocycles. The molecule has 1 fully saturated rings. The summed E-state index contributed by atoms with van der Waals surface area (Å²) in [5.74, 6) is 0.775. The van der Waals surface area contributed by atoms with Gasteiger partial charge in [0.15, 0.2) is 5.76 Å². The minimum absolute atomic E-state index is 0.0882. The highest BCUT2D eigenvalue weighted by atomic mass is 35.5. The van der Waals surface area contributed by atoms with Gasteiger partial charge in [0.05, 0.1) is 17.3 Å². The van der Waals surface area contributed by atoms with E-state index in [1.165, 1.54) is 12.1 Å². The molecule has 1 saturated heterocycles. The summed E-state index contributed by atoms with van der Waals surface area (Å²) in [5, 5.41) is 0.725. The molecule has 2 heterocycles. The predicted octanol–water partition coefficient (Wildman–Crippen LogP) is 5.45. The highest BCUT2D eigenvalue weighted by Crippen LogP contribution is 2.26. The smallest absolute Gasteiger partial charge is 0.289 e. The van der Waals surface area contributed by atoms with Gasteiger partial charge >= 0.3 is 0 Å². The van der Waals surface area contributed by atoms with E-state index >= 15 is 0 Å². The van der Waals surface area contributed by atoms with E-state index in [9.17, 15) is 9.18 Å². The number of hydrogen-bond acceptors (Lipinski definition) is 4. The number of furan rings is 1. The fourth-order valence-corrected chi connectivity index (χ4v) is 4.29. The van der Waals surface area contributed by atoms with Gasteiger partial charge in [0.1, 0.15) is 11.6 Å². The molecule has 0 unspecified atom stereocenters. The summed E-state index contributed by atoms with van der Waals surface area (Å²) in [6.45, 7) is 8.14. The Kier molecular flexibility index (Phi) is 7.36. The minimum atomic E-state index is -0.239. The van der Waals surface area contributed by atoms with E-state index < -0.39 is 0 Å². The van der Waals surface area contributed by atoms with Crippen molar-refractivity contribution in [1.82, 2.24) is 9.80 Å². The van der Waals surface area contributed by atoms with Crippen molar-refractivity contribution in [3.8, 4) is 0 Å². The maximum atomic E-state index is 13.2. The van der Waals surface area contributed by atoms with Crippen molar-refractivity contribution in [3.05, 3.63) is 88.6 Å². The highest BCUT2D eigenvalue weighted by Gasteiger charge is 2.25. The van der Waals surface area contributed by atoms with E-state index in [-0.39, 0.29) is 17.8 Å². The number of rotatable bonds is 7. The minimum Gasteiger partial charge on any atom is -0.455 e. The summed E-state index contributed by atoms with van der Waals surface area (Å²) in [4.78, 5) is 19.3. The average molecular weight is 470 g/mol. The number of halogens is 2. The topological polar surface area (TPSA) is 39.9 Å². The molecule has 5 nitrogen and oxygen atoms in total. The Hall–Kier alpha value is -2.83. The van der Waals surface area contributed by atoms with E-state index in [4.69, 9.17) is 16.0 Å². The van der Waals surface area contributed by atoms with Crippen molar-refractivity contribution in [3.63, 3.8) is 0 Å². The van der Waals surface area contributed by atoms with Crippen LogP contribution in [0.15, 0.2) is 65.1 Å². The van der Waals surface area contributed by atoms with Crippen LogP contribution in [0.1, 0.15) is 35.7 Å². The van der Waals surface area contributed by atoms with Crippen LogP contribution in [0.25, 0.3) is 0 Å². The molecule has 4 rings (SSSR count). The van der Waals surface area contributed by atoms with Crippen molar-refractivity contribution < 1.29 is 13.6 Å². The predicted molar refractivity (Wildman–Crippen MR) is 129 cm³/mol. The van der Waals surface area contributed by atoms with Crippen molar-refractivity contribution in [2.45, 2.75) is 33.0 Å². The molecular weight excluding hydrogens is 441 g/mol. The van der Waals surface area contributed by atoms with Gasteiger partial charge < -0.3 is 14.2 Å². The first-order chi connectivity index (χ1) is 15.9. The molecule has 3 aromatic rings. The van der Waals surface area contributed by atoms with Gasteiger partial charge in [-0.3, -0.25) is 9.69 Å². The molecule has 1 aliphatic rings. The van der Waals surface area contributed by atoms with Gasteiger partial charge in [-0.15, -0.1) is 0 Å². The first-order valence-electron chi connectivity index (χ1n) is 11.3. The van der Waals surface area contributed by atoms with Gasteiger partial charge in [0.25, 0.3) is 5.91 Å². The molecule has 1 aliphatic heterocycles. The van der Waals surface area contributed by atoms with Crippen LogP contribution in [0.3, 0.4) is 0 Å². The second-order valence-corrected chi connectivity index (χ2v) is 9.03. The van der Waals surface area contributed by atoms with Gasteiger partial charge in [-0.2, -0.15) is 0 Å². The quantitative estimate of drug-likeness (QED) is 0.461. The van der Waals surface area contributed by atoms with Crippen LogP contribution in [-0.2, 0) is 13.1 Å². The molecule has 0 aliphatic carbocycles. The van der Waals surface area contributed by atoms with Crippen molar-refractivity contribution >= 4 is 23.2 Å². The van der Waals surface area contributed by atoms with Crippen LogP contribution in [-0.4, -0.2) is 47.9 Å². The SMILES string of the molecule is CC(C)N(Cc1ccc(F)cc1)Cc1ccc(C(=O)N2CCN(c3ccccc3Cl)CC2)o1. The molecule has 2 aromatic carbocycles. The molecule has 0 N–H and O–H groups in total. The molecule has 1 amide bonds. The fraction of sp³-hybridized carbons (Fsp3) is 0.346. The Morgan fingerprint density at radius 3 is 2.36 bits per heavy atom. The zero-order valence-corrected chi connectivity index (χ0v) is 19.8. The molecule has 174 valence electrons. The zero-order chi connectivity index (χ0) is 23.4. The summed E-state index contributed by atoms with van der Waals surface area (Å²) >= 11 is 6.32. The number of piperazine rings is 1. The van der Waals surface area contributed by atoms with Crippen LogP contribution in [0.4, 0.5) is 10.1 Å². The summed E-state index contributed by atoms with van der Waals surface area (Å²) < 4.78 is 19.2. The van der Waals surface area contributed by atoms with E-state index in [2.05, 4.69) is 23.6 Å². The van der Waals surface area contributed by atoms with Gasteiger partial charge in [0, 0.05) is 38.8 Å². The Balaban J connectivity index is 1.36. The van der Waals surface area contributed by atoms with Crippen LogP contribution in [0.5, 0.6) is 0 Å². The largest absolute Gasteiger partial charge is 0.455 e. The third kappa shape index (κ3) is 5.75. The number of amides is 1. The molecule has 7 heteroatoms. The fourth-order valence-electron chi connectivity index (χ4n) is 4.04. The second kappa shape index (κ2) is 10.4. The monoisotopic (exact) mass is 469 g/mol. The maximum Gasteiger partial charge on any atom is 0.289 e. The highest BCUT2D eigenvalue weighted by molar-refractivity contribution is 6.33. The molecule has 33 heavy (non-hydrogen) atoms. The van der Waals surface area contributed by atoms with Crippen molar-refractivity contribution in [2.24, 2.45) is 0 Å². The molecule has 0 atom stereocenters. The number of benzene rings is 2. The molecule has 0 saturated carbocycles. The molecule has 0 bridgehead atoms. The first-order valence-corrected chi connectivity index (χ1v) is 11.6. The van der Waals surface area contributed by atoms with Gasteiger partial charge in [-0.05, 0) is 55.8 Å². The van der Waals surface area contributed by atoms with E-state index in [1.807, 2.05) is 35.2 Å². The van der Waals surface area contributed by atoms with Crippen LogP contribution < -0.4 is 4.90 Å².